The molecule has 0 bridgehead atoms. The van der Waals surface area contributed by atoms with E-state index in [4.69, 9.17) is 5.73 Å². The molecule has 2 N–H and O–H groups in total. The van der Waals surface area contributed by atoms with Gasteiger partial charge in [-0.25, -0.2) is 0 Å². The summed E-state index contributed by atoms with van der Waals surface area (Å²) < 4.78 is 0. The Hall–Kier alpha value is -1.67. The Bertz CT molecular complexity index is 453. The van der Waals surface area contributed by atoms with E-state index in [-0.39, 0.29) is 6.04 Å². The molecular formula is C16H20N2. The molecule has 1 aromatic carbocycles. The quantitative estimate of drug-likeness (QED) is 0.872. The summed E-state index contributed by atoms with van der Waals surface area (Å²) in [6, 6.07) is 16.6. The monoisotopic (exact) mass is 240 g/mol. The van der Waals surface area contributed by atoms with Crippen LogP contribution in [0.5, 0.6) is 0 Å². The van der Waals surface area contributed by atoms with Crippen LogP contribution in [0, 0.1) is 0 Å². The molecule has 0 saturated heterocycles. The van der Waals surface area contributed by atoms with Gasteiger partial charge in [-0.2, -0.15) is 0 Å². The molecule has 0 aliphatic carbocycles. The van der Waals surface area contributed by atoms with E-state index < -0.39 is 0 Å². The molecule has 0 fully saturated rings. The molecule has 0 amide bonds. The van der Waals surface area contributed by atoms with Crippen molar-refractivity contribution >= 4 is 0 Å². The van der Waals surface area contributed by atoms with Gasteiger partial charge >= 0.3 is 0 Å². The number of hydrogen-bond acceptors (Lipinski definition) is 2. The highest BCUT2D eigenvalue weighted by Crippen LogP contribution is 2.23. The van der Waals surface area contributed by atoms with E-state index in [1.165, 1.54) is 5.56 Å². The van der Waals surface area contributed by atoms with Gasteiger partial charge in [-0.3, -0.25) is 4.98 Å². The first-order valence-corrected chi connectivity index (χ1v) is 6.51. The molecule has 2 unspecified atom stereocenters. The second kappa shape index (κ2) is 6.31. The Morgan fingerprint density at radius 3 is 2.39 bits per heavy atom. The molecule has 2 rings (SSSR count). The number of aromatic nitrogens is 1. The number of benzene rings is 1. The van der Waals surface area contributed by atoms with Crippen LogP contribution in [-0.2, 0) is 6.42 Å². The molecule has 2 heteroatoms. The van der Waals surface area contributed by atoms with Gasteiger partial charge in [-0.1, -0.05) is 43.3 Å². The molecule has 0 radical (unpaired) electrons. The minimum atomic E-state index is 0.118. The molecule has 2 aromatic rings. The Morgan fingerprint density at radius 1 is 1.06 bits per heavy atom. The minimum absolute atomic E-state index is 0.118. The van der Waals surface area contributed by atoms with Crippen molar-refractivity contribution < 1.29 is 0 Å². The topological polar surface area (TPSA) is 38.9 Å². The molecule has 0 aliphatic rings. The first kappa shape index (κ1) is 12.8. The SMILES string of the molecule is CCC(c1ccccc1)C(N)Cc1ccccn1. The van der Waals surface area contributed by atoms with E-state index >= 15 is 0 Å². The zero-order valence-electron chi connectivity index (χ0n) is 10.8. The minimum Gasteiger partial charge on any atom is -0.327 e. The third kappa shape index (κ3) is 3.17. The lowest BCUT2D eigenvalue weighted by Gasteiger charge is -2.22. The molecule has 18 heavy (non-hydrogen) atoms. The van der Waals surface area contributed by atoms with Crippen LogP contribution < -0.4 is 5.73 Å². The fourth-order valence-electron chi connectivity index (χ4n) is 2.39. The summed E-state index contributed by atoms with van der Waals surface area (Å²) in [4.78, 5) is 4.35. The molecule has 1 heterocycles. The van der Waals surface area contributed by atoms with Crippen molar-refractivity contribution in [3.63, 3.8) is 0 Å². The van der Waals surface area contributed by atoms with Gasteiger partial charge in [0.15, 0.2) is 0 Å². The van der Waals surface area contributed by atoms with Crippen LogP contribution in [0.2, 0.25) is 0 Å². The van der Waals surface area contributed by atoms with Crippen LogP contribution in [-0.4, -0.2) is 11.0 Å². The van der Waals surface area contributed by atoms with E-state index in [1.54, 1.807) is 0 Å². The lowest BCUT2D eigenvalue weighted by atomic mass is 9.87. The zero-order valence-corrected chi connectivity index (χ0v) is 10.8. The number of pyridine rings is 1. The zero-order chi connectivity index (χ0) is 12.8. The average molecular weight is 240 g/mol. The van der Waals surface area contributed by atoms with Crippen molar-refractivity contribution in [2.75, 3.05) is 0 Å². The summed E-state index contributed by atoms with van der Waals surface area (Å²) in [6.07, 6.45) is 3.71. The van der Waals surface area contributed by atoms with Crippen molar-refractivity contribution in [2.24, 2.45) is 5.73 Å². The number of rotatable bonds is 5. The lowest BCUT2D eigenvalue weighted by molar-refractivity contribution is 0.511. The standard InChI is InChI=1S/C16H20N2/c1-2-15(13-8-4-3-5-9-13)16(17)12-14-10-6-7-11-18-14/h3-11,15-16H,2,12,17H2,1H3. The Morgan fingerprint density at radius 2 is 1.78 bits per heavy atom. The summed E-state index contributed by atoms with van der Waals surface area (Å²) >= 11 is 0. The summed E-state index contributed by atoms with van der Waals surface area (Å²) in [7, 11) is 0. The summed E-state index contributed by atoms with van der Waals surface area (Å²) in [5.74, 6) is 0.396. The van der Waals surface area contributed by atoms with E-state index in [2.05, 4.69) is 36.2 Å². The average Bonchev–Trinajstić information content (AvgIpc) is 2.42. The van der Waals surface area contributed by atoms with E-state index in [9.17, 15) is 0 Å². The third-order valence-corrected chi connectivity index (χ3v) is 3.36. The van der Waals surface area contributed by atoms with Crippen LogP contribution in [0.25, 0.3) is 0 Å². The molecular weight excluding hydrogens is 220 g/mol. The van der Waals surface area contributed by atoms with Crippen molar-refractivity contribution in [1.82, 2.24) is 4.98 Å². The van der Waals surface area contributed by atoms with E-state index in [0.29, 0.717) is 5.92 Å². The molecule has 2 nitrogen and oxygen atoms in total. The van der Waals surface area contributed by atoms with E-state index in [1.807, 2.05) is 30.5 Å². The van der Waals surface area contributed by atoms with Crippen LogP contribution >= 0.6 is 0 Å². The maximum absolute atomic E-state index is 6.35. The van der Waals surface area contributed by atoms with Crippen molar-refractivity contribution in [2.45, 2.75) is 31.7 Å². The largest absolute Gasteiger partial charge is 0.327 e. The third-order valence-electron chi connectivity index (χ3n) is 3.36. The Balaban J connectivity index is 2.09. The fraction of sp³-hybridized carbons (Fsp3) is 0.312. The van der Waals surface area contributed by atoms with Crippen LogP contribution in [0.1, 0.15) is 30.5 Å². The van der Waals surface area contributed by atoms with Crippen molar-refractivity contribution in [3.8, 4) is 0 Å². The van der Waals surface area contributed by atoms with Crippen molar-refractivity contribution in [1.29, 1.82) is 0 Å². The molecule has 0 spiro atoms. The van der Waals surface area contributed by atoms with Gasteiger partial charge in [-0.15, -0.1) is 0 Å². The highest BCUT2D eigenvalue weighted by molar-refractivity contribution is 5.22. The second-order valence-corrected chi connectivity index (χ2v) is 4.61. The van der Waals surface area contributed by atoms with E-state index in [0.717, 1.165) is 18.5 Å². The maximum atomic E-state index is 6.35. The van der Waals surface area contributed by atoms with Crippen molar-refractivity contribution in [3.05, 3.63) is 66.0 Å². The molecule has 2 atom stereocenters. The molecule has 94 valence electrons. The van der Waals surface area contributed by atoms with Crippen LogP contribution in [0.4, 0.5) is 0 Å². The second-order valence-electron chi connectivity index (χ2n) is 4.61. The predicted molar refractivity (Wildman–Crippen MR) is 75.4 cm³/mol. The fourth-order valence-corrected chi connectivity index (χ4v) is 2.39. The number of hydrogen-bond donors (Lipinski definition) is 1. The van der Waals surface area contributed by atoms with Gasteiger partial charge in [0.25, 0.3) is 0 Å². The Kier molecular flexibility index (Phi) is 4.48. The molecule has 0 saturated carbocycles. The van der Waals surface area contributed by atoms with Gasteiger partial charge in [0.1, 0.15) is 0 Å². The molecule has 1 aromatic heterocycles. The summed E-state index contributed by atoms with van der Waals surface area (Å²) in [5, 5.41) is 0. The first-order valence-electron chi connectivity index (χ1n) is 6.51. The normalized spacial score (nSPS) is 14.1. The predicted octanol–water partition coefficient (Wildman–Crippen LogP) is 3.15. The van der Waals surface area contributed by atoms with Gasteiger partial charge in [0, 0.05) is 24.4 Å². The molecule has 0 aliphatic heterocycles. The highest BCUT2D eigenvalue weighted by Gasteiger charge is 2.18. The lowest BCUT2D eigenvalue weighted by Crippen LogP contribution is -2.30. The number of nitrogens with zero attached hydrogens (tertiary/aromatic N) is 1. The summed E-state index contributed by atoms with van der Waals surface area (Å²) in [5.41, 5.74) is 8.74. The van der Waals surface area contributed by atoms with Gasteiger partial charge < -0.3 is 5.73 Å². The smallest absolute Gasteiger partial charge is 0.0419 e. The van der Waals surface area contributed by atoms with Crippen LogP contribution in [0.3, 0.4) is 0 Å². The van der Waals surface area contributed by atoms with Gasteiger partial charge in [0.2, 0.25) is 0 Å². The Labute approximate surface area is 109 Å². The van der Waals surface area contributed by atoms with Gasteiger partial charge in [-0.05, 0) is 30.0 Å². The summed E-state index contributed by atoms with van der Waals surface area (Å²) in [6.45, 7) is 2.19. The van der Waals surface area contributed by atoms with Crippen LogP contribution in [0.15, 0.2) is 54.7 Å². The van der Waals surface area contributed by atoms with Gasteiger partial charge in [0.05, 0.1) is 0 Å². The number of nitrogens with two attached hydrogens (primary N) is 1. The first-order chi connectivity index (χ1) is 8.81. The highest BCUT2D eigenvalue weighted by atomic mass is 14.7. The maximum Gasteiger partial charge on any atom is 0.0419 e.